The number of nitrogens with zero attached hydrogens (tertiary/aromatic N) is 2. The summed E-state index contributed by atoms with van der Waals surface area (Å²) in [5, 5.41) is 6.66. The minimum Gasteiger partial charge on any atom is -0.491 e. The highest BCUT2D eigenvalue weighted by Gasteiger charge is 2.06. The van der Waals surface area contributed by atoms with Gasteiger partial charge >= 0.3 is 0 Å². The molecule has 2 aromatic rings. The summed E-state index contributed by atoms with van der Waals surface area (Å²) in [5.74, 6) is 1.60. The second-order valence-electron chi connectivity index (χ2n) is 7.17. The number of benzene rings is 1. The molecule has 1 aromatic heterocycles. The molecule has 0 amide bonds. The van der Waals surface area contributed by atoms with Crippen LogP contribution in [0.5, 0.6) is 5.75 Å². The first-order valence-electron chi connectivity index (χ1n) is 10.4. The topological polar surface area (TPSA) is 76.9 Å². The normalized spacial score (nSPS) is 11.4. The van der Waals surface area contributed by atoms with Crippen molar-refractivity contribution in [3.05, 3.63) is 63.6 Å². The van der Waals surface area contributed by atoms with Crippen molar-refractivity contribution in [2.75, 3.05) is 33.9 Å². The molecule has 2 N–H and O–H groups in total. The molecule has 0 aliphatic carbocycles. The molecule has 1 aromatic carbocycles. The minimum atomic E-state index is 0.0575. The number of hydrogen-bond acceptors (Lipinski definition) is 4. The Morgan fingerprint density at radius 3 is 2.67 bits per heavy atom. The monoisotopic (exact) mass is 414 g/mol. The standard InChI is InChI=1S/C23H34N4O3/c1-18-10-11-20(21(16-18)30-15-14-29-4)17-26-23(24-3)25-12-5-6-13-27-19(2)8-7-9-22(27)28/h7-11,16H,5-6,12-15,17H2,1-4H3,(H2,24,25,26). The molecule has 0 saturated carbocycles. The molecule has 0 fully saturated rings. The van der Waals surface area contributed by atoms with Gasteiger partial charge in [-0.05, 0) is 44.4 Å². The van der Waals surface area contributed by atoms with Crippen LogP contribution in [0.25, 0.3) is 0 Å². The molecule has 0 aliphatic heterocycles. The van der Waals surface area contributed by atoms with Crippen molar-refractivity contribution in [3.63, 3.8) is 0 Å². The number of aliphatic imine (C=N–C) groups is 1. The van der Waals surface area contributed by atoms with Gasteiger partial charge in [-0.2, -0.15) is 0 Å². The van der Waals surface area contributed by atoms with Gasteiger partial charge < -0.3 is 24.7 Å². The zero-order valence-corrected chi connectivity index (χ0v) is 18.5. The summed E-state index contributed by atoms with van der Waals surface area (Å²) < 4.78 is 12.7. The molecule has 0 bridgehead atoms. The van der Waals surface area contributed by atoms with Crippen LogP contribution in [0, 0.1) is 13.8 Å². The highest BCUT2D eigenvalue weighted by molar-refractivity contribution is 5.79. The van der Waals surface area contributed by atoms with Crippen LogP contribution in [0.15, 0.2) is 46.2 Å². The van der Waals surface area contributed by atoms with E-state index < -0.39 is 0 Å². The lowest BCUT2D eigenvalue weighted by Gasteiger charge is -2.15. The van der Waals surface area contributed by atoms with E-state index in [0.29, 0.717) is 19.8 Å². The maximum Gasteiger partial charge on any atom is 0.250 e. The largest absolute Gasteiger partial charge is 0.491 e. The first-order chi connectivity index (χ1) is 14.5. The van der Waals surface area contributed by atoms with E-state index in [2.05, 4.69) is 27.8 Å². The van der Waals surface area contributed by atoms with E-state index in [0.717, 1.165) is 54.5 Å². The van der Waals surface area contributed by atoms with Gasteiger partial charge in [0.2, 0.25) is 0 Å². The molecule has 1 heterocycles. The maximum atomic E-state index is 11.9. The number of pyridine rings is 1. The Bertz CT molecular complexity index is 877. The molecule has 164 valence electrons. The average Bonchev–Trinajstić information content (AvgIpc) is 2.73. The van der Waals surface area contributed by atoms with Crippen molar-refractivity contribution in [1.82, 2.24) is 15.2 Å². The molecule has 0 radical (unpaired) electrons. The van der Waals surface area contributed by atoms with Crippen molar-refractivity contribution < 1.29 is 9.47 Å². The highest BCUT2D eigenvalue weighted by atomic mass is 16.5. The van der Waals surface area contributed by atoms with Crippen LogP contribution >= 0.6 is 0 Å². The van der Waals surface area contributed by atoms with Crippen molar-refractivity contribution in [2.45, 2.75) is 39.8 Å². The third kappa shape index (κ3) is 7.55. The van der Waals surface area contributed by atoms with Gasteiger partial charge in [-0.25, -0.2) is 0 Å². The van der Waals surface area contributed by atoms with Gasteiger partial charge in [0.25, 0.3) is 5.56 Å². The van der Waals surface area contributed by atoms with Gasteiger partial charge in [0.05, 0.1) is 6.61 Å². The summed E-state index contributed by atoms with van der Waals surface area (Å²) in [4.78, 5) is 16.2. The fraction of sp³-hybridized carbons (Fsp3) is 0.478. The van der Waals surface area contributed by atoms with Crippen molar-refractivity contribution in [1.29, 1.82) is 0 Å². The van der Waals surface area contributed by atoms with Gasteiger partial charge in [-0.3, -0.25) is 9.79 Å². The number of hydrogen-bond donors (Lipinski definition) is 2. The number of unbranched alkanes of at least 4 members (excludes halogenated alkanes) is 1. The Kier molecular flexibility index (Phi) is 9.94. The van der Waals surface area contributed by atoms with Crippen LogP contribution in [-0.4, -0.2) is 44.4 Å². The number of aromatic nitrogens is 1. The van der Waals surface area contributed by atoms with E-state index in [9.17, 15) is 4.79 Å². The quantitative estimate of drug-likeness (QED) is 0.336. The fourth-order valence-corrected chi connectivity index (χ4v) is 3.09. The summed E-state index contributed by atoms with van der Waals surface area (Å²) in [6.07, 6.45) is 1.86. The lowest BCUT2D eigenvalue weighted by atomic mass is 10.1. The second-order valence-corrected chi connectivity index (χ2v) is 7.17. The number of aryl methyl sites for hydroxylation is 2. The molecule has 2 rings (SSSR count). The van der Waals surface area contributed by atoms with Crippen LogP contribution in [0.3, 0.4) is 0 Å². The van der Waals surface area contributed by atoms with Crippen molar-refractivity contribution >= 4 is 5.96 Å². The Balaban J connectivity index is 1.78. The third-order valence-electron chi connectivity index (χ3n) is 4.81. The number of methoxy groups -OCH3 is 1. The molecule has 7 heteroatoms. The lowest BCUT2D eigenvalue weighted by molar-refractivity contribution is 0.145. The predicted octanol–water partition coefficient (Wildman–Crippen LogP) is 2.64. The average molecular weight is 415 g/mol. The zero-order valence-electron chi connectivity index (χ0n) is 18.5. The predicted molar refractivity (Wildman–Crippen MR) is 121 cm³/mol. The van der Waals surface area contributed by atoms with Gasteiger partial charge in [-0.15, -0.1) is 0 Å². The number of nitrogens with one attached hydrogen (secondary N) is 2. The van der Waals surface area contributed by atoms with Gasteiger partial charge in [0, 0.05) is 51.1 Å². The first kappa shape index (κ1) is 23.5. The molecule has 30 heavy (non-hydrogen) atoms. The van der Waals surface area contributed by atoms with Crippen molar-refractivity contribution in [2.24, 2.45) is 4.99 Å². The summed E-state index contributed by atoms with van der Waals surface area (Å²) in [5.41, 5.74) is 3.27. The molecule has 0 saturated heterocycles. The molecule has 0 spiro atoms. The van der Waals surface area contributed by atoms with Crippen LogP contribution in [0.4, 0.5) is 0 Å². The molecule has 0 aliphatic rings. The fourth-order valence-electron chi connectivity index (χ4n) is 3.09. The minimum absolute atomic E-state index is 0.0575. The Hall–Kier alpha value is -2.80. The summed E-state index contributed by atoms with van der Waals surface area (Å²) in [7, 11) is 3.42. The third-order valence-corrected chi connectivity index (χ3v) is 4.81. The van der Waals surface area contributed by atoms with Crippen molar-refractivity contribution in [3.8, 4) is 5.75 Å². The van der Waals surface area contributed by atoms with E-state index in [1.165, 1.54) is 0 Å². The maximum absolute atomic E-state index is 11.9. The Labute approximate surface area is 179 Å². The Morgan fingerprint density at radius 1 is 1.10 bits per heavy atom. The zero-order chi connectivity index (χ0) is 21.8. The van der Waals surface area contributed by atoms with Crippen LogP contribution < -0.4 is 20.9 Å². The number of rotatable bonds is 11. The van der Waals surface area contributed by atoms with E-state index in [1.54, 1.807) is 26.3 Å². The number of guanidine groups is 1. The van der Waals surface area contributed by atoms with E-state index in [-0.39, 0.29) is 5.56 Å². The van der Waals surface area contributed by atoms with E-state index >= 15 is 0 Å². The highest BCUT2D eigenvalue weighted by Crippen LogP contribution is 2.20. The number of ether oxygens (including phenoxy) is 2. The van der Waals surface area contributed by atoms with Crippen LogP contribution in [0.1, 0.15) is 29.7 Å². The summed E-state index contributed by atoms with van der Waals surface area (Å²) in [6, 6.07) is 11.5. The SMILES string of the molecule is CN=C(NCCCCn1c(C)cccc1=O)NCc1ccc(C)cc1OCCOC. The van der Waals surface area contributed by atoms with E-state index in [4.69, 9.17) is 9.47 Å². The van der Waals surface area contributed by atoms with Gasteiger partial charge in [-0.1, -0.05) is 18.2 Å². The Morgan fingerprint density at radius 2 is 1.93 bits per heavy atom. The molecule has 0 atom stereocenters. The summed E-state index contributed by atoms with van der Waals surface area (Å²) >= 11 is 0. The molecule has 0 unspecified atom stereocenters. The lowest BCUT2D eigenvalue weighted by Crippen LogP contribution is -2.37. The smallest absolute Gasteiger partial charge is 0.250 e. The second kappa shape index (κ2) is 12.7. The molecular formula is C23H34N4O3. The van der Waals surface area contributed by atoms with Crippen LogP contribution in [-0.2, 0) is 17.8 Å². The van der Waals surface area contributed by atoms with Gasteiger partial charge in [0.1, 0.15) is 12.4 Å². The van der Waals surface area contributed by atoms with Crippen LogP contribution in [0.2, 0.25) is 0 Å². The first-order valence-corrected chi connectivity index (χ1v) is 10.4. The van der Waals surface area contributed by atoms with Gasteiger partial charge in [0.15, 0.2) is 5.96 Å². The summed E-state index contributed by atoms with van der Waals surface area (Å²) in [6.45, 7) is 7.20. The van der Waals surface area contributed by atoms with E-state index in [1.807, 2.05) is 30.5 Å². The molecule has 7 nitrogen and oxygen atoms in total. The molecular weight excluding hydrogens is 380 g/mol.